The lowest BCUT2D eigenvalue weighted by molar-refractivity contribution is 0.102. The minimum Gasteiger partial charge on any atom is -0.497 e. The van der Waals surface area contributed by atoms with E-state index >= 15 is 0 Å². The molecule has 2 aromatic heterocycles. The van der Waals surface area contributed by atoms with Crippen molar-refractivity contribution in [2.24, 2.45) is 0 Å². The van der Waals surface area contributed by atoms with Crippen molar-refractivity contribution in [2.75, 3.05) is 17.7 Å². The SMILES string of the molecule is COc1ccc(C(=O)Nc2ccc3[nH]c(C)c(C(Nc4ccccc4C)c4ccccn4)c3c2)cc1. The summed E-state index contributed by atoms with van der Waals surface area (Å²) in [6.07, 6.45) is 1.81. The smallest absolute Gasteiger partial charge is 0.255 e. The number of aryl methyl sites for hydroxylation is 2. The minimum absolute atomic E-state index is 0.176. The Kier molecular flexibility index (Phi) is 6.41. The van der Waals surface area contributed by atoms with Gasteiger partial charge in [0.05, 0.1) is 18.8 Å². The third-order valence-electron chi connectivity index (χ3n) is 6.36. The highest BCUT2D eigenvalue weighted by molar-refractivity contribution is 6.05. The summed E-state index contributed by atoms with van der Waals surface area (Å²) in [5.41, 5.74) is 7.53. The van der Waals surface area contributed by atoms with Gasteiger partial charge in [0.1, 0.15) is 5.75 Å². The molecule has 1 unspecified atom stereocenters. The van der Waals surface area contributed by atoms with Crippen LogP contribution in [0.2, 0.25) is 0 Å². The zero-order valence-electron chi connectivity index (χ0n) is 20.5. The molecule has 0 spiro atoms. The van der Waals surface area contributed by atoms with Gasteiger partial charge in [0.2, 0.25) is 0 Å². The van der Waals surface area contributed by atoms with Crippen LogP contribution in [0.3, 0.4) is 0 Å². The van der Waals surface area contributed by atoms with Gasteiger partial charge in [-0.1, -0.05) is 24.3 Å². The van der Waals surface area contributed by atoms with Gasteiger partial charge in [-0.05, 0) is 80.1 Å². The molecule has 6 nitrogen and oxygen atoms in total. The summed E-state index contributed by atoms with van der Waals surface area (Å²) < 4.78 is 5.19. The fourth-order valence-electron chi connectivity index (χ4n) is 4.47. The second kappa shape index (κ2) is 9.96. The number of nitrogens with zero attached hydrogens (tertiary/aromatic N) is 1. The minimum atomic E-state index is -0.186. The van der Waals surface area contributed by atoms with Crippen molar-refractivity contribution in [2.45, 2.75) is 19.9 Å². The van der Waals surface area contributed by atoms with E-state index in [2.05, 4.69) is 46.6 Å². The van der Waals surface area contributed by atoms with Crippen molar-refractivity contribution in [3.05, 3.63) is 119 Å². The molecule has 0 fully saturated rings. The predicted octanol–water partition coefficient (Wildman–Crippen LogP) is 6.64. The van der Waals surface area contributed by atoms with Gasteiger partial charge in [0, 0.05) is 45.3 Å². The lowest BCUT2D eigenvalue weighted by Crippen LogP contribution is -2.15. The van der Waals surface area contributed by atoms with Gasteiger partial charge in [-0.15, -0.1) is 0 Å². The number of pyridine rings is 1. The van der Waals surface area contributed by atoms with Crippen LogP contribution < -0.4 is 15.4 Å². The van der Waals surface area contributed by atoms with E-state index in [9.17, 15) is 4.79 Å². The van der Waals surface area contributed by atoms with Gasteiger partial charge in [0.15, 0.2) is 0 Å². The molecule has 6 heteroatoms. The van der Waals surface area contributed by atoms with Gasteiger partial charge >= 0.3 is 0 Å². The molecule has 180 valence electrons. The van der Waals surface area contributed by atoms with Crippen LogP contribution in [0.25, 0.3) is 10.9 Å². The van der Waals surface area contributed by atoms with E-state index in [4.69, 9.17) is 4.74 Å². The molecule has 5 rings (SSSR count). The number of carbonyl (C=O) groups is 1. The Morgan fingerprint density at radius 1 is 0.944 bits per heavy atom. The second-order valence-corrected chi connectivity index (χ2v) is 8.75. The Hall–Kier alpha value is -4.58. The first-order chi connectivity index (χ1) is 17.5. The van der Waals surface area contributed by atoms with Gasteiger partial charge in [-0.2, -0.15) is 0 Å². The molecule has 1 atom stereocenters. The number of hydrogen-bond donors (Lipinski definition) is 3. The topological polar surface area (TPSA) is 79.0 Å². The third-order valence-corrected chi connectivity index (χ3v) is 6.36. The van der Waals surface area contributed by atoms with Gasteiger partial charge in [-0.3, -0.25) is 9.78 Å². The molecule has 5 aromatic rings. The number of carbonyl (C=O) groups excluding carboxylic acids is 1. The second-order valence-electron chi connectivity index (χ2n) is 8.75. The van der Waals surface area contributed by atoms with E-state index in [0.29, 0.717) is 11.3 Å². The fraction of sp³-hybridized carbons (Fsp3) is 0.133. The molecule has 36 heavy (non-hydrogen) atoms. The summed E-state index contributed by atoms with van der Waals surface area (Å²) in [4.78, 5) is 21.1. The number of methoxy groups -OCH3 is 1. The van der Waals surface area contributed by atoms with Gasteiger partial charge in [-0.25, -0.2) is 0 Å². The van der Waals surface area contributed by atoms with Crippen LogP contribution in [0.15, 0.2) is 91.1 Å². The average molecular weight is 477 g/mol. The number of rotatable bonds is 7. The number of aromatic amines is 1. The number of fused-ring (bicyclic) bond motifs is 1. The molecule has 0 saturated heterocycles. The number of benzene rings is 3. The van der Waals surface area contributed by atoms with Crippen LogP contribution in [0.4, 0.5) is 11.4 Å². The number of nitrogens with one attached hydrogen (secondary N) is 3. The van der Waals surface area contributed by atoms with Crippen molar-refractivity contribution in [3.63, 3.8) is 0 Å². The molecular formula is C30H28N4O2. The monoisotopic (exact) mass is 476 g/mol. The molecule has 0 aliphatic heterocycles. The predicted molar refractivity (Wildman–Crippen MR) is 145 cm³/mol. The van der Waals surface area contributed by atoms with Crippen LogP contribution in [0.5, 0.6) is 5.75 Å². The summed E-state index contributed by atoms with van der Waals surface area (Å²) in [5, 5.41) is 7.77. The highest BCUT2D eigenvalue weighted by Crippen LogP contribution is 2.35. The maximum absolute atomic E-state index is 12.9. The van der Waals surface area contributed by atoms with Gasteiger partial charge < -0.3 is 20.4 Å². The number of hydrogen-bond acceptors (Lipinski definition) is 4. The fourth-order valence-corrected chi connectivity index (χ4v) is 4.47. The zero-order chi connectivity index (χ0) is 25.1. The Bertz CT molecular complexity index is 1510. The lowest BCUT2D eigenvalue weighted by atomic mass is 9.98. The van der Waals surface area contributed by atoms with E-state index < -0.39 is 0 Å². The normalized spacial score (nSPS) is 11.8. The Morgan fingerprint density at radius 3 is 2.44 bits per heavy atom. The quantitative estimate of drug-likeness (QED) is 0.246. The van der Waals surface area contributed by atoms with Crippen molar-refractivity contribution in [1.29, 1.82) is 0 Å². The molecule has 0 aliphatic rings. The van der Waals surface area contributed by atoms with E-state index in [1.54, 1.807) is 31.4 Å². The largest absolute Gasteiger partial charge is 0.497 e. The first-order valence-electron chi connectivity index (χ1n) is 11.8. The van der Waals surface area contributed by atoms with Gasteiger partial charge in [0.25, 0.3) is 5.91 Å². The van der Waals surface area contributed by atoms with E-state index in [1.165, 1.54) is 0 Å². The van der Waals surface area contributed by atoms with Crippen molar-refractivity contribution in [1.82, 2.24) is 9.97 Å². The van der Waals surface area contributed by atoms with Crippen molar-refractivity contribution < 1.29 is 9.53 Å². The highest BCUT2D eigenvalue weighted by atomic mass is 16.5. The first-order valence-corrected chi connectivity index (χ1v) is 11.8. The summed E-state index contributed by atoms with van der Waals surface area (Å²) in [7, 11) is 1.60. The molecule has 3 N–H and O–H groups in total. The lowest BCUT2D eigenvalue weighted by Gasteiger charge is -2.22. The Morgan fingerprint density at radius 2 is 1.72 bits per heavy atom. The Balaban J connectivity index is 1.54. The number of amides is 1. The average Bonchev–Trinajstić information content (AvgIpc) is 3.23. The number of anilines is 2. The van der Waals surface area contributed by atoms with Crippen LogP contribution in [-0.2, 0) is 0 Å². The van der Waals surface area contributed by atoms with Crippen LogP contribution in [0.1, 0.15) is 38.9 Å². The molecule has 0 aliphatic carbocycles. The standard InChI is InChI=1S/C30H28N4O2/c1-19-8-4-5-9-25(19)34-29(27-10-6-7-17-31-27)28-20(2)32-26-16-13-22(18-24(26)28)33-30(35)21-11-14-23(36-3)15-12-21/h4-18,29,32,34H,1-3H3,(H,33,35). The van der Waals surface area contributed by atoms with Crippen molar-refractivity contribution in [3.8, 4) is 5.75 Å². The number of para-hydroxylation sites is 1. The van der Waals surface area contributed by atoms with Crippen molar-refractivity contribution >= 4 is 28.2 Å². The highest BCUT2D eigenvalue weighted by Gasteiger charge is 2.23. The molecule has 3 aromatic carbocycles. The number of H-pyrrole nitrogens is 1. The summed E-state index contributed by atoms with van der Waals surface area (Å²) in [6, 6.07) is 27.0. The molecule has 1 amide bonds. The summed E-state index contributed by atoms with van der Waals surface area (Å²) in [5.74, 6) is 0.534. The molecule has 0 bridgehead atoms. The number of ether oxygens (including phenoxy) is 1. The van der Waals surface area contributed by atoms with Crippen LogP contribution in [-0.4, -0.2) is 23.0 Å². The molecule has 0 radical (unpaired) electrons. The van der Waals surface area contributed by atoms with E-state index in [1.807, 2.05) is 54.7 Å². The van der Waals surface area contributed by atoms with Crippen LogP contribution in [0, 0.1) is 13.8 Å². The molecule has 0 saturated carbocycles. The maximum atomic E-state index is 12.9. The molecular weight excluding hydrogens is 448 g/mol. The Labute approximate surface area is 210 Å². The zero-order valence-corrected chi connectivity index (χ0v) is 20.5. The summed E-state index contributed by atoms with van der Waals surface area (Å²) >= 11 is 0. The third kappa shape index (κ3) is 4.66. The molecule has 2 heterocycles. The van der Waals surface area contributed by atoms with E-state index in [0.717, 1.165) is 44.8 Å². The maximum Gasteiger partial charge on any atom is 0.255 e. The van der Waals surface area contributed by atoms with E-state index in [-0.39, 0.29) is 11.9 Å². The summed E-state index contributed by atoms with van der Waals surface area (Å²) in [6.45, 7) is 4.16. The first kappa shape index (κ1) is 23.2. The van der Waals surface area contributed by atoms with Crippen LogP contribution >= 0.6 is 0 Å². The number of aromatic nitrogens is 2.